The van der Waals surface area contributed by atoms with Crippen LogP contribution in [0.15, 0.2) is 23.2 Å². The molecule has 0 saturated heterocycles. The highest BCUT2D eigenvalue weighted by Crippen LogP contribution is 2.27. The molecule has 1 rings (SSSR count). The number of nitrogens with zero attached hydrogens (tertiary/aromatic N) is 1. The Morgan fingerprint density at radius 2 is 2.21 bits per heavy atom. The van der Waals surface area contributed by atoms with Crippen molar-refractivity contribution in [3.05, 3.63) is 29.3 Å². The highest BCUT2D eigenvalue weighted by molar-refractivity contribution is 5.42. The molecule has 0 aromatic heterocycles. The number of hydrogen-bond acceptors (Lipinski definition) is 3. The summed E-state index contributed by atoms with van der Waals surface area (Å²) in [6, 6.07) is 5.59. The minimum absolute atomic E-state index is 0.206. The van der Waals surface area contributed by atoms with Gasteiger partial charge in [0.05, 0.1) is 13.2 Å². The first-order valence-corrected chi connectivity index (χ1v) is 4.40. The van der Waals surface area contributed by atoms with Gasteiger partial charge in [0, 0.05) is 5.56 Å². The van der Waals surface area contributed by atoms with Gasteiger partial charge in [0.15, 0.2) is 0 Å². The molecule has 0 fully saturated rings. The highest BCUT2D eigenvalue weighted by atomic mass is 16.5. The van der Waals surface area contributed by atoms with E-state index in [1.807, 2.05) is 32.0 Å². The Labute approximate surface area is 83.4 Å². The van der Waals surface area contributed by atoms with Gasteiger partial charge in [0.25, 0.3) is 0 Å². The van der Waals surface area contributed by atoms with Gasteiger partial charge in [-0.25, -0.2) is 4.79 Å². The van der Waals surface area contributed by atoms with E-state index in [1.54, 1.807) is 13.2 Å². The van der Waals surface area contributed by atoms with Crippen LogP contribution in [0.4, 0.5) is 0 Å². The van der Waals surface area contributed by atoms with Crippen molar-refractivity contribution in [3.8, 4) is 5.75 Å². The molecule has 0 saturated carbocycles. The highest BCUT2D eigenvalue weighted by Gasteiger charge is 2.09. The summed E-state index contributed by atoms with van der Waals surface area (Å²) in [5.41, 5.74) is 2.03. The van der Waals surface area contributed by atoms with Crippen LogP contribution in [0.1, 0.15) is 24.1 Å². The summed E-state index contributed by atoms with van der Waals surface area (Å²) >= 11 is 0. The fourth-order valence-electron chi connectivity index (χ4n) is 1.33. The van der Waals surface area contributed by atoms with Crippen LogP contribution in [0.2, 0.25) is 0 Å². The summed E-state index contributed by atoms with van der Waals surface area (Å²) in [5, 5.41) is 0. The molecular formula is C11H13NO2. The van der Waals surface area contributed by atoms with Crippen LogP contribution in [0.3, 0.4) is 0 Å². The Hall–Kier alpha value is -1.60. The van der Waals surface area contributed by atoms with Crippen LogP contribution >= 0.6 is 0 Å². The first-order valence-electron chi connectivity index (χ1n) is 4.40. The average Bonchev–Trinajstić information content (AvgIpc) is 2.18. The Bertz CT molecular complexity index is 368. The van der Waals surface area contributed by atoms with Crippen molar-refractivity contribution < 1.29 is 9.53 Å². The van der Waals surface area contributed by atoms with E-state index in [2.05, 4.69) is 4.99 Å². The second kappa shape index (κ2) is 4.58. The summed E-state index contributed by atoms with van der Waals surface area (Å²) in [7, 11) is 1.60. The van der Waals surface area contributed by atoms with Gasteiger partial charge < -0.3 is 4.74 Å². The summed E-state index contributed by atoms with van der Waals surface area (Å²) in [4.78, 5) is 13.8. The predicted octanol–water partition coefficient (Wildman–Crippen LogP) is 2.40. The zero-order valence-corrected chi connectivity index (χ0v) is 8.57. The van der Waals surface area contributed by atoms with E-state index < -0.39 is 0 Å². The minimum atomic E-state index is -0.206. The Morgan fingerprint density at radius 1 is 1.50 bits per heavy atom. The van der Waals surface area contributed by atoms with Crippen molar-refractivity contribution in [1.82, 2.24) is 0 Å². The molecule has 1 aromatic rings. The van der Waals surface area contributed by atoms with Crippen LogP contribution in [0.5, 0.6) is 5.75 Å². The van der Waals surface area contributed by atoms with Gasteiger partial charge in [0.2, 0.25) is 6.08 Å². The molecule has 0 bridgehead atoms. The molecule has 1 aromatic carbocycles. The predicted molar refractivity (Wildman–Crippen MR) is 54.3 cm³/mol. The Morgan fingerprint density at radius 3 is 2.79 bits per heavy atom. The normalized spacial score (nSPS) is 11.6. The third-order valence-corrected chi connectivity index (χ3v) is 2.08. The summed E-state index contributed by atoms with van der Waals surface area (Å²) in [6.07, 6.45) is 1.56. The van der Waals surface area contributed by atoms with Gasteiger partial charge in [-0.2, -0.15) is 4.99 Å². The molecular weight excluding hydrogens is 178 g/mol. The molecule has 0 heterocycles. The summed E-state index contributed by atoms with van der Waals surface area (Å²) < 4.78 is 5.18. The van der Waals surface area contributed by atoms with Crippen molar-refractivity contribution in [3.63, 3.8) is 0 Å². The van der Waals surface area contributed by atoms with Crippen molar-refractivity contribution in [2.45, 2.75) is 19.9 Å². The molecule has 0 amide bonds. The number of rotatable bonds is 3. The maximum Gasteiger partial charge on any atom is 0.235 e. The lowest BCUT2D eigenvalue weighted by molar-refractivity contribution is 0.407. The second-order valence-corrected chi connectivity index (χ2v) is 3.14. The standard InChI is InChI=1S/C11H13NO2/c1-8-4-5-11(14-3)10(6-8)9(2)12-7-13/h4-6,9H,1-3H3. The molecule has 0 spiro atoms. The maximum absolute atomic E-state index is 10.1. The molecule has 0 N–H and O–H groups in total. The van der Waals surface area contributed by atoms with E-state index >= 15 is 0 Å². The van der Waals surface area contributed by atoms with Crippen LogP contribution in [-0.4, -0.2) is 13.2 Å². The fraction of sp³-hybridized carbons (Fsp3) is 0.364. The van der Waals surface area contributed by atoms with Crippen molar-refractivity contribution in [1.29, 1.82) is 0 Å². The SMILES string of the molecule is COc1ccc(C)cc1C(C)N=C=O. The lowest BCUT2D eigenvalue weighted by atomic mass is 10.1. The van der Waals surface area contributed by atoms with Crippen LogP contribution in [0.25, 0.3) is 0 Å². The maximum atomic E-state index is 10.1. The number of carbonyl (C=O) groups excluding carboxylic acids is 1. The quantitative estimate of drug-likeness (QED) is 0.543. The van der Waals surface area contributed by atoms with E-state index in [9.17, 15) is 4.79 Å². The fourth-order valence-corrected chi connectivity index (χ4v) is 1.33. The number of ether oxygens (including phenoxy) is 1. The number of isocyanates is 1. The van der Waals surface area contributed by atoms with Gasteiger partial charge in [-0.3, -0.25) is 0 Å². The largest absolute Gasteiger partial charge is 0.496 e. The first-order chi connectivity index (χ1) is 6.69. The second-order valence-electron chi connectivity index (χ2n) is 3.14. The molecule has 14 heavy (non-hydrogen) atoms. The van der Waals surface area contributed by atoms with Gasteiger partial charge in [-0.05, 0) is 19.9 Å². The molecule has 0 radical (unpaired) electrons. The van der Waals surface area contributed by atoms with E-state index in [-0.39, 0.29) is 6.04 Å². The van der Waals surface area contributed by atoms with Gasteiger partial charge in [-0.1, -0.05) is 17.7 Å². The Kier molecular flexibility index (Phi) is 3.43. The monoisotopic (exact) mass is 191 g/mol. The van der Waals surface area contributed by atoms with Crippen LogP contribution < -0.4 is 4.74 Å². The summed E-state index contributed by atoms with van der Waals surface area (Å²) in [5.74, 6) is 0.752. The first kappa shape index (κ1) is 10.5. The van der Waals surface area contributed by atoms with Crippen LogP contribution in [0, 0.1) is 6.92 Å². The molecule has 1 atom stereocenters. The van der Waals surface area contributed by atoms with Gasteiger partial charge >= 0.3 is 0 Å². The van der Waals surface area contributed by atoms with Crippen molar-refractivity contribution in [2.24, 2.45) is 4.99 Å². The third-order valence-electron chi connectivity index (χ3n) is 2.08. The average molecular weight is 191 g/mol. The van der Waals surface area contributed by atoms with Crippen molar-refractivity contribution >= 4 is 6.08 Å². The molecule has 3 nitrogen and oxygen atoms in total. The third kappa shape index (κ3) is 2.21. The van der Waals surface area contributed by atoms with E-state index in [4.69, 9.17) is 4.74 Å². The molecule has 0 aliphatic carbocycles. The number of benzene rings is 1. The number of aliphatic imine (C=N–C) groups is 1. The van der Waals surface area contributed by atoms with Gasteiger partial charge in [0.1, 0.15) is 5.75 Å². The topological polar surface area (TPSA) is 38.7 Å². The number of aryl methyl sites for hydroxylation is 1. The van der Waals surface area contributed by atoms with Crippen LogP contribution in [-0.2, 0) is 4.79 Å². The Balaban J connectivity index is 3.15. The molecule has 3 heteroatoms. The summed E-state index contributed by atoms with van der Waals surface area (Å²) in [6.45, 7) is 3.82. The molecule has 0 aliphatic rings. The lowest BCUT2D eigenvalue weighted by Gasteiger charge is -2.11. The zero-order chi connectivity index (χ0) is 10.6. The molecule has 1 unspecified atom stereocenters. The van der Waals surface area contributed by atoms with Gasteiger partial charge in [-0.15, -0.1) is 0 Å². The van der Waals surface area contributed by atoms with Crippen molar-refractivity contribution in [2.75, 3.05) is 7.11 Å². The number of hydrogen-bond donors (Lipinski definition) is 0. The lowest BCUT2D eigenvalue weighted by Crippen LogP contribution is -1.95. The smallest absolute Gasteiger partial charge is 0.235 e. The van der Waals surface area contributed by atoms with E-state index in [0.29, 0.717) is 0 Å². The molecule has 74 valence electrons. The zero-order valence-electron chi connectivity index (χ0n) is 8.57. The number of methoxy groups -OCH3 is 1. The van der Waals surface area contributed by atoms with E-state index in [1.165, 1.54) is 0 Å². The molecule has 0 aliphatic heterocycles. The van der Waals surface area contributed by atoms with E-state index in [0.717, 1.165) is 16.9 Å². The minimum Gasteiger partial charge on any atom is -0.496 e.